The number of hydrogen-bond donors (Lipinski definition) is 0. The Balaban J connectivity index is 1.54. The van der Waals surface area contributed by atoms with E-state index in [1.54, 1.807) is 22.0 Å². The Morgan fingerprint density at radius 3 is 2.90 bits per heavy atom. The van der Waals surface area contributed by atoms with Gasteiger partial charge in [0.25, 0.3) is 5.91 Å². The van der Waals surface area contributed by atoms with E-state index in [0.717, 1.165) is 12.1 Å². The Kier molecular flexibility index (Phi) is 5.90. The minimum atomic E-state index is -0.139. The molecule has 0 bridgehead atoms. The third-order valence-corrected chi connectivity index (χ3v) is 4.74. The van der Waals surface area contributed by atoms with Gasteiger partial charge in [-0.2, -0.15) is 10.2 Å². The highest BCUT2D eigenvalue weighted by atomic mass is 16.5. The molecule has 0 radical (unpaired) electrons. The largest absolute Gasteiger partial charge is 0.489 e. The van der Waals surface area contributed by atoms with Gasteiger partial charge in [0.15, 0.2) is 11.4 Å². The molecule has 0 spiro atoms. The molecule has 1 aliphatic heterocycles. The summed E-state index contributed by atoms with van der Waals surface area (Å²) in [4.78, 5) is 15.1. The first-order valence-corrected chi connectivity index (χ1v) is 9.91. The van der Waals surface area contributed by atoms with E-state index in [4.69, 9.17) is 9.47 Å². The molecule has 1 atom stereocenters. The third-order valence-electron chi connectivity index (χ3n) is 4.74. The number of aromatic nitrogens is 4. The van der Waals surface area contributed by atoms with Gasteiger partial charge >= 0.3 is 0 Å². The van der Waals surface area contributed by atoms with E-state index in [0.29, 0.717) is 44.3 Å². The molecule has 1 unspecified atom stereocenters. The van der Waals surface area contributed by atoms with Crippen molar-refractivity contribution in [3.8, 4) is 11.4 Å². The fourth-order valence-electron chi connectivity index (χ4n) is 3.32. The average molecular weight is 395 g/mol. The Morgan fingerprint density at radius 2 is 2.14 bits per heavy atom. The Bertz CT molecular complexity index is 923. The van der Waals surface area contributed by atoms with Crippen LogP contribution in [0.2, 0.25) is 0 Å². The number of carbonyl (C=O) groups is 1. The molecule has 8 nitrogen and oxygen atoms in total. The Labute approximate surface area is 169 Å². The molecule has 29 heavy (non-hydrogen) atoms. The van der Waals surface area contributed by atoms with Crippen molar-refractivity contribution in [2.45, 2.75) is 26.0 Å². The number of hydrogen-bond acceptors (Lipinski definition) is 5. The topological polar surface area (TPSA) is 74.4 Å². The lowest BCUT2D eigenvalue weighted by Gasteiger charge is -2.32. The van der Waals surface area contributed by atoms with Crippen molar-refractivity contribution in [3.05, 3.63) is 60.7 Å². The molecule has 1 aromatic carbocycles. The minimum Gasteiger partial charge on any atom is -0.489 e. The van der Waals surface area contributed by atoms with Crippen LogP contribution < -0.4 is 4.74 Å². The number of ether oxygens (including phenoxy) is 2. The van der Waals surface area contributed by atoms with Gasteiger partial charge in [0, 0.05) is 25.5 Å². The third kappa shape index (κ3) is 4.48. The highest BCUT2D eigenvalue weighted by molar-refractivity contribution is 5.95. The van der Waals surface area contributed by atoms with Crippen molar-refractivity contribution in [3.63, 3.8) is 0 Å². The molecule has 8 heteroatoms. The van der Waals surface area contributed by atoms with Crippen LogP contribution in [-0.2, 0) is 11.3 Å². The number of amides is 1. The van der Waals surface area contributed by atoms with Crippen molar-refractivity contribution in [2.24, 2.45) is 0 Å². The second-order valence-corrected chi connectivity index (χ2v) is 6.94. The number of morpholine rings is 1. The van der Waals surface area contributed by atoms with Crippen molar-refractivity contribution < 1.29 is 14.3 Å². The lowest BCUT2D eigenvalue weighted by Crippen LogP contribution is -2.47. The first-order chi connectivity index (χ1) is 14.2. The molecule has 3 heterocycles. The van der Waals surface area contributed by atoms with Gasteiger partial charge in [-0.25, -0.2) is 4.68 Å². The molecule has 1 amide bonds. The van der Waals surface area contributed by atoms with Crippen LogP contribution >= 0.6 is 0 Å². The first-order valence-electron chi connectivity index (χ1n) is 9.91. The van der Waals surface area contributed by atoms with Gasteiger partial charge < -0.3 is 14.4 Å². The standard InChI is InChI=1S/C21H25N5O3/c1-2-12-29-19-16-26(17-7-4-3-5-8-17)23-20(19)21(27)24-11-13-28-18(14-24)15-25-10-6-9-22-25/h3-10,16,18H,2,11-15H2,1H3. The average Bonchev–Trinajstić information content (AvgIpc) is 3.42. The summed E-state index contributed by atoms with van der Waals surface area (Å²) in [6.45, 7) is 4.68. The van der Waals surface area contributed by atoms with Crippen LogP contribution in [-0.4, -0.2) is 62.8 Å². The predicted octanol–water partition coefficient (Wildman–Crippen LogP) is 2.40. The molecule has 152 valence electrons. The maximum Gasteiger partial charge on any atom is 0.278 e. The zero-order valence-electron chi connectivity index (χ0n) is 16.5. The summed E-state index contributed by atoms with van der Waals surface area (Å²) >= 11 is 0. The molecule has 0 saturated carbocycles. The van der Waals surface area contributed by atoms with Gasteiger partial charge in [-0.05, 0) is 24.6 Å². The van der Waals surface area contributed by atoms with Crippen LogP contribution in [0.4, 0.5) is 0 Å². The second kappa shape index (κ2) is 8.91. The highest BCUT2D eigenvalue weighted by Crippen LogP contribution is 2.23. The summed E-state index contributed by atoms with van der Waals surface area (Å²) < 4.78 is 15.2. The van der Waals surface area contributed by atoms with Crippen molar-refractivity contribution >= 4 is 5.91 Å². The normalized spacial score (nSPS) is 16.7. The van der Waals surface area contributed by atoms with E-state index in [1.165, 1.54) is 0 Å². The van der Waals surface area contributed by atoms with E-state index in [9.17, 15) is 4.79 Å². The summed E-state index contributed by atoms with van der Waals surface area (Å²) in [5.41, 5.74) is 1.22. The predicted molar refractivity (Wildman–Crippen MR) is 107 cm³/mol. The van der Waals surface area contributed by atoms with Crippen LogP contribution in [0.1, 0.15) is 23.8 Å². The summed E-state index contributed by atoms with van der Waals surface area (Å²) in [7, 11) is 0. The zero-order chi connectivity index (χ0) is 20.1. The minimum absolute atomic E-state index is 0.108. The Hall–Kier alpha value is -3.13. The monoisotopic (exact) mass is 395 g/mol. The molecule has 2 aromatic heterocycles. The fourth-order valence-corrected chi connectivity index (χ4v) is 3.32. The molecule has 1 saturated heterocycles. The second-order valence-electron chi connectivity index (χ2n) is 6.94. The zero-order valence-corrected chi connectivity index (χ0v) is 16.5. The first kappa shape index (κ1) is 19.2. The SMILES string of the molecule is CCCOc1cn(-c2ccccc2)nc1C(=O)N1CCOC(Cn2cccn2)C1. The molecule has 3 aromatic rings. The Morgan fingerprint density at radius 1 is 1.28 bits per heavy atom. The van der Waals surface area contributed by atoms with Crippen molar-refractivity contribution in [2.75, 3.05) is 26.3 Å². The van der Waals surface area contributed by atoms with Gasteiger partial charge in [-0.1, -0.05) is 25.1 Å². The van der Waals surface area contributed by atoms with Crippen LogP contribution in [0.5, 0.6) is 5.75 Å². The molecule has 4 rings (SSSR count). The molecule has 1 aliphatic rings. The van der Waals surface area contributed by atoms with Crippen LogP contribution in [0.3, 0.4) is 0 Å². The molecule has 0 aliphatic carbocycles. The van der Waals surface area contributed by atoms with Crippen molar-refractivity contribution in [1.29, 1.82) is 0 Å². The van der Waals surface area contributed by atoms with Crippen LogP contribution in [0.15, 0.2) is 55.0 Å². The van der Waals surface area contributed by atoms with Crippen molar-refractivity contribution in [1.82, 2.24) is 24.5 Å². The van der Waals surface area contributed by atoms with Crippen LogP contribution in [0, 0.1) is 0 Å². The number of para-hydroxylation sites is 1. The van der Waals surface area contributed by atoms with E-state index in [2.05, 4.69) is 10.2 Å². The molecule has 0 N–H and O–H groups in total. The summed E-state index contributed by atoms with van der Waals surface area (Å²) in [6.07, 6.45) is 6.15. The van der Waals surface area contributed by atoms with Crippen LogP contribution in [0.25, 0.3) is 5.69 Å². The van der Waals surface area contributed by atoms with E-state index in [-0.39, 0.29) is 12.0 Å². The summed E-state index contributed by atoms with van der Waals surface area (Å²) in [5, 5.41) is 8.77. The maximum atomic E-state index is 13.3. The lowest BCUT2D eigenvalue weighted by atomic mass is 10.2. The summed E-state index contributed by atoms with van der Waals surface area (Å²) in [5.74, 6) is 0.371. The molecule has 1 fully saturated rings. The number of benzene rings is 1. The van der Waals surface area contributed by atoms with E-state index < -0.39 is 0 Å². The highest BCUT2D eigenvalue weighted by Gasteiger charge is 2.29. The van der Waals surface area contributed by atoms with Gasteiger partial charge in [-0.15, -0.1) is 0 Å². The van der Waals surface area contributed by atoms with Gasteiger partial charge in [-0.3, -0.25) is 9.48 Å². The maximum absolute atomic E-state index is 13.3. The van der Waals surface area contributed by atoms with E-state index in [1.807, 2.05) is 54.2 Å². The lowest BCUT2D eigenvalue weighted by molar-refractivity contribution is -0.0302. The fraction of sp³-hybridized carbons (Fsp3) is 0.381. The van der Waals surface area contributed by atoms with E-state index >= 15 is 0 Å². The summed E-state index contributed by atoms with van der Waals surface area (Å²) in [6, 6.07) is 11.6. The van der Waals surface area contributed by atoms with Gasteiger partial charge in [0.1, 0.15) is 0 Å². The quantitative estimate of drug-likeness (QED) is 0.614. The number of nitrogens with zero attached hydrogens (tertiary/aromatic N) is 5. The van der Waals surface area contributed by atoms with Gasteiger partial charge in [0.05, 0.1) is 37.7 Å². The number of rotatable bonds is 7. The smallest absolute Gasteiger partial charge is 0.278 e. The number of carbonyl (C=O) groups excluding carboxylic acids is 1. The molecular weight excluding hydrogens is 370 g/mol. The molecular formula is C21H25N5O3. The van der Waals surface area contributed by atoms with Gasteiger partial charge in [0.2, 0.25) is 0 Å².